The molecule has 12 rings (SSSR count). The third-order valence-corrected chi connectivity index (χ3v) is 17.7. The van der Waals surface area contributed by atoms with Crippen LogP contribution in [0.15, 0.2) is 90.1 Å². The number of rotatable bonds is 11. The third kappa shape index (κ3) is 9.48. The number of nitro groups is 1. The first kappa shape index (κ1) is 49.0. The summed E-state index contributed by atoms with van der Waals surface area (Å²) in [5.41, 5.74) is 5.49. The Kier molecular flexibility index (Phi) is 12.8. The van der Waals surface area contributed by atoms with Gasteiger partial charge in [0.25, 0.3) is 15.9 Å². The average molecular weight is 1050 g/mol. The molecule has 3 N–H and O–H groups in total. The van der Waals surface area contributed by atoms with Crippen LogP contribution in [0.25, 0.3) is 11.0 Å². The number of pyridine rings is 2. The minimum atomic E-state index is -4.79. The van der Waals surface area contributed by atoms with Crippen LogP contribution >= 0.6 is 0 Å². The number of amides is 1. The molecular formula is C54H58F2N10O8S. The summed E-state index contributed by atoms with van der Waals surface area (Å²) in [6, 6.07) is 23.0. The van der Waals surface area contributed by atoms with Crippen molar-refractivity contribution in [3.63, 3.8) is 0 Å². The van der Waals surface area contributed by atoms with E-state index in [-0.39, 0.29) is 53.8 Å². The van der Waals surface area contributed by atoms with Gasteiger partial charge in [-0.2, -0.15) is 18.4 Å². The second-order valence-electron chi connectivity index (χ2n) is 20.9. The summed E-state index contributed by atoms with van der Waals surface area (Å²) in [5, 5.41) is 15.7. The Morgan fingerprint density at radius 2 is 1.71 bits per heavy atom. The van der Waals surface area contributed by atoms with Gasteiger partial charge in [0.2, 0.25) is 11.8 Å². The van der Waals surface area contributed by atoms with Crippen molar-refractivity contribution in [1.82, 2.24) is 29.5 Å². The predicted octanol–water partition coefficient (Wildman–Crippen LogP) is 8.01. The van der Waals surface area contributed by atoms with E-state index in [0.717, 1.165) is 94.0 Å². The van der Waals surface area contributed by atoms with Crippen LogP contribution < -0.4 is 29.3 Å². The molecule has 392 valence electrons. The maximum absolute atomic E-state index is 14.5. The molecule has 75 heavy (non-hydrogen) atoms. The van der Waals surface area contributed by atoms with Gasteiger partial charge in [0, 0.05) is 81.8 Å². The number of hydrogen-bond acceptors (Lipinski definition) is 15. The largest absolute Gasteiger partial charge is 0.474 e. The first-order valence-corrected chi connectivity index (χ1v) is 27.3. The molecule has 3 saturated heterocycles. The van der Waals surface area contributed by atoms with Crippen molar-refractivity contribution in [2.75, 3.05) is 80.8 Å². The van der Waals surface area contributed by atoms with Gasteiger partial charge >= 0.3 is 5.69 Å². The Morgan fingerprint density at radius 3 is 2.49 bits per heavy atom. The van der Waals surface area contributed by atoms with E-state index in [4.69, 9.17) is 19.2 Å². The van der Waals surface area contributed by atoms with Gasteiger partial charge in [-0.15, -0.1) is 0 Å². The molecule has 1 aliphatic carbocycles. The number of hydrogen-bond donors (Lipinski definition) is 3. The molecule has 18 nitrogen and oxygen atoms in total. The van der Waals surface area contributed by atoms with Gasteiger partial charge in [0.05, 0.1) is 34.8 Å². The normalized spacial score (nSPS) is 21.4. The number of anilines is 4. The Hall–Kier alpha value is -6.94. The number of nitrogens with zero attached hydrogens (tertiary/aromatic N) is 7. The highest BCUT2D eigenvalue weighted by molar-refractivity contribution is 7.90. The number of aromatic amines is 1. The minimum absolute atomic E-state index is 0.00985. The molecule has 1 amide bonds. The van der Waals surface area contributed by atoms with Crippen LogP contribution in [0.2, 0.25) is 0 Å². The van der Waals surface area contributed by atoms with Gasteiger partial charge in [-0.3, -0.25) is 24.7 Å². The molecule has 2 atom stereocenters. The maximum Gasteiger partial charge on any atom is 0.300 e. The number of benzene rings is 3. The summed E-state index contributed by atoms with van der Waals surface area (Å²) in [6.45, 7) is 8.52. The minimum Gasteiger partial charge on any atom is -0.474 e. The van der Waals surface area contributed by atoms with Crippen LogP contribution in [-0.2, 0) is 21.3 Å². The Bertz CT molecular complexity index is 3300. The summed E-state index contributed by atoms with van der Waals surface area (Å²) >= 11 is 0. The number of carbonyl (C=O) groups is 1. The molecule has 0 unspecified atom stereocenters. The summed E-state index contributed by atoms with van der Waals surface area (Å²) in [7, 11) is -4.79. The summed E-state index contributed by atoms with van der Waals surface area (Å²) in [5.74, 6) is -2.36. The second-order valence-corrected chi connectivity index (χ2v) is 22.6. The van der Waals surface area contributed by atoms with E-state index in [1.54, 1.807) is 18.3 Å². The molecule has 8 heterocycles. The SMILES string of the molecule is Cc1ccccc1[C@@H]1CN(Cc2ccc(F)c(F)c2)CCN1C1CC2(CCN(c3ccc(C(=O)NS(=O)(=O)c4cc([N+](=O)[O-])c5c(n4)OC[C@@H](C4CCOCC4)N5)c(N4CCOc5nc6[nH]ccc6cc54)c3)CC2)C1. The molecule has 4 fully saturated rings. The summed E-state index contributed by atoms with van der Waals surface area (Å²) in [4.78, 5) is 47.6. The number of ether oxygens (including phenoxy) is 3. The van der Waals surface area contributed by atoms with Crippen LogP contribution in [0, 0.1) is 40.0 Å². The monoisotopic (exact) mass is 1040 g/mol. The third-order valence-electron chi connectivity index (χ3n) is 16.5. The molecule has 5 aliphatic heterocycles. The topological polar surface area (TPSA) is 201 Å². The molecule has 1 spiro atoms. The van der Waals surface area contributed by atoms with E-state index in [2.05, 4.69) is 65.9 Å². The second kappa shape index (κ2) is 19.6. The lowest BCUT2D eigenvalue weighted by molar-refractivity contribution is -0.384. The molecule has 1 saturated carbocycles. The van der Waals surface area contributed by atoms with E-state index in [9.17, 15) is 32.1 Å². The summed E-state index contributed by atoms with van der Waals surface area (Å²) in [6.07, 6.45) is 7.33. The number of piperidine rings is 1. The average Bonchev–Trinajstić information content (AvgIpc) is 3.88. The van der Waals surface area contributed by atoms with Crippen LogP contribution in [0.4, 0.5) is 37.2 Å². The van der Waals surface area contributed by atoms with Crippen molar-refractivity contribution in [3.05, 3.63) is 129 Å². The van der Waals surface area contributed by atoms with Crippen molar-refractivity contribution in [2.45, 2.75) is 75.1 Å². The zero-order valence-electron chi connectivity index (χ0n) is 41.5. The number of fused-ring (bicyclic) bond motifs is 3. The van der Waals surface area contributed by atoms with E-state index in [1.165, 1.54) is 23.3 Å². The fourth-order valence-electron chi connectivity index (χ4n) is 12.4. The number of nitrogens with one attached hydrogen (secondary N) is 3. The molecule has 3 aromatic carbocycles. The van der Waals surface area contributed by atoms with Crippen molar-refractivity contribution in [3.8, 4) is 11.8 Å². The lowest BCUT2D eigenvalue weighted by Gasteiger charge is -2.58. The lowest BCUT2D eigenvalue weighted by Crippen LogP contribution is -2.59. The zero-order valence-corrected chi connectivity index (χ0v) is 42.3. The molecule has 21 heteroatoms. The zero-order chi connectivity index (χ0) is 51.6. The van der Waals surface area contributed by atoms with E-state index in [0.29, 0.717) is 55.2 Å². The number of sulfonamides is 1. The number of aromatic nitrogens is 3. The standard InChI is InChI=1S/C54H58F2N10O8S/c1-33-4-2-3-5-39(33)47-31-62(30-34-6-9-41(55)42(56)24-34)18-19-64(47)38-28-54(29-38)13-16-63(17-14-54)37-7-8-40(44(26-37)65-20-23-73-52-46(65)25-36-10-15-57-50(36)60-52)51(67)61-75(70,71)48-27-45(66(68)69)49-53(59-48)74-32-43(58-49)35-11-21-72-22-12-35/h2-10,15,24-27,35,38,43,47,58H,11-14,16-23,28-32H2,1H3,(H,57,60)(H,61,67)/t43-,47-/m0/s1. The van der Waals surface area contributed by atoms with Crippen LogP contribution in [0.1, 0.15) is 71.6 Å². The quantitative estimate of drug-likeness (QED) is 0.0832. The number of H-pyrrole nitrogens is 1. The fourth-order valence-corrected chi connectivity index (χ4v) is 13.3. The first-order chi connectivity index (χ1) is 36.3. The molecular weight excluding hydrogens is 987 g/mol. The predicted molar refractivity (Wildman–Crippen MR) is 276 cm³/mol. The highest BCUT2D eigenvalue weighted by Gasteiger charge is 2.50. The number of halogens is 2. The van der Waals surface area contributed by atoms with Gasteiger partial charge in [0.1, 0.15) is 24.5 Å². The smallest absolute Gasteiger partial charge is 0.300 e. The van der Waals surface area contributed by atoms with Crippen molar-refractivity contribution >= 4 is 55.4 Å². The molecule has 0 radical (unpaired) electrons. The molecule has 0 bridgehead atoms. The van der Waals surface area contributed by atoms with Crippen LogP contribution in [0.5, 0.6) is 11.8 Å². The van der Waals surface area contributed by atoms with Gasteiger partial charge < -0.3 is 34.3 Å². The molecule has 6 aliphatic rings. The summed E-state index contributed by atoms with van der Waals surface area (Å²) < 4.78 is 75.9. The number of aryl methyl sites for hydroxylation is 1. The van der Waals surface area contributed by atoms with E-state index >= 15 is 0 Å². The van der Waals surface area contributed by atoms with Crippen LogP contribution in [0.3, 0.4) is 0 Å². The van der Waals surface area contributed by atoms with Gasteiger partial charge in [0.15, 0.2) is 22.3 Å². The van der Waals surface area contributed by atoms with Gasteiger partial charge in [-0.25, -0.2) is 13.5 Å². The van der Waals surface area contributed by atoms with Crippen molar-refractivity contribution in [1.29, 1.82) is 0 Å². The lowest BCUT2D eigenvalue weighted by atomic mass is 9.59. The Balaban J connectivity index is 0.779. The molecule has 3 aromatic heterocycles. The molecule has 6 aromatic rings. The fraction of sp³-hybridized carbons (Fsp3) is 0.426. The van der Waals surface area contributed by atoms with E-state index in [1.807, 2.05) is 29.2 Å². The highest BCUT2D eigenvalue weighted by Crippen LogP contribution is 2.53. The number of piperazine rings is 1. The highest BCUT2D eigenvalue weighted by atomic mass is 32.2. The van der Waals surface area contributed by atoms with Crippen LogP contribution in [-0.4, -0.2) is 122 Å². The van der Waals surface area contributed by atoms with Gasteiger partial charge in [-0.05, 0) is 116 Å². The first-order valence-electron chi connectivity index (χ1n) is 25.8. The van der Waals surface area contributed by atoms with Crippen molar-refractivity contribution < 1.29 is 41.1 Å². The van der Waals surface area contributed by atoms with Gasteiger partial charge in [-0.1, -0.05) is 30.3 Å². The Labute approximate surface area is 432 Å². The maximum atomic E-state index is 14.5. The number of carbonyl (C=O) groups excluding carboxylic acids is 1. The Morgan fingerprint density at radius 1 is 0.893 bits per heavy atom. The van der Waals surface area contributed by atoms with Crippen molar-refractivity contribution in [2.24, 2.45) is 11.3 Å². The van der Waals surface area contributed by atoms with E-state index < -0.39 is 43.2 Å².